The maximum absolute atomic E-state index is 12.4. The molecule has 0 atom stereocenters. The van der Waals surface area contributed by atoms with Crippen molar-refractivity contribution >= 4 is 17.9 Å². The van der Waals surface area contributed by atoms with E-state index in [0.29, 0.717) is 53.8 Å². The monoisotopic (exact) mass is 490 g/mol. The molecule has 8 heteroatoms. The lowest BCUT2D eigenvalue weighted by molar-refractivity contribution is -0.137. The van der Waals surface area contributed by atoms with Gasteiger partial charge in [0, 0.05) is 12.5 Å². The number of esters is 3. The summed E-state index contributed by atoms with van der Waals surface area (Å²) in [6, 6.07) is 19.3. The van der Waals surface area contributed by atoms with Gasteiger partial charge in [0.25, 0.3) is 0 Å². The van der Waals surface area contributed by atoms with Crippen molar-refractivity contribution in [3.8, 4) is 23.0 Å². The Hall–Kier alpha value is -4.59. The van der Waals surface area contributed by atoms with Gasteiger partial charge in [0.15, 0.2) is 0 Å². The summed E-state index contributed by atoms with van der Waals surface area (Å²) in [5.74, 6) is 0.327. The fourth-order valence-electron chi connectivity index (χ4n) is 2.93. The van der Waals surface area contributed by atoms with Crippen LogP contribution in [0.3, 0.4) is 0 Å². The second-order valence-electron chi connectivity index (χ2n) is 7.31. The van der Waals surface area contributed by atoms with Gasteiger partial charge < -0.3 is 23.7 Å². The summed E-state index contributed by atoms with van der Waals surface area (Å²) >= 11 is 0. The molecule has 0 unspecified atom stereocenters. The molecule has 0 spiro atoms. The van der Waals surface area contributed by atoms with Gasteiger partial charge in [0.2, 0.25) is 0 Å². The van der Waals surface area contributed by atoms with E-state index >= 15 is 0 Å². The smallest absolute Gasteiger partial charge is 0.343 e. The molecule has 3 aromatic rings. The molecule has 186 valence electrons. The average Bonchev–Trinajstić information content (AvgIpc) is 2.90. The lowest BCUT2D eigenvalue weighted by atomic mass is 10.2. The molecule has 0 aliphatic carbocycles. The predicted molar refractivity (Wildman–Crippen MR) is 132 cm³/mol. The largest absolute Gasteiger partial charge is 0.494 e. The lowest BCUT2D eigenvalue weighted by Crippen LogP contribution is -2.10. The van der Waals surface area contributed by atoms with Crippen LogP contribution >= 0.6 is 0 Å². The number of rotatable bonds is 12. The first kappa shape index (κ1) is 26.0. The second-order valence-corrected chi connectivity index (χ2v) is 7.31. The summed E-state index contributed by atoms with van der Waals surface area (Å²) < 4.78 is 26.5. The fraction of sp³-hybridized carbons (Fsp3) is 0.179. The minimum absolute atomic E-state index is 0.231. The molecular formula is C28H26O8. The molecule has 3 aromatic carbocycles. The molecular weight excluding hydrogens is 464 g/mol. The van der Waals surface area contributed by atoms with Crippen molar-refractivity contribution in [2.24, 2.45) is 0 Å². The topological polar surface area (TPSA) is 97.4 Å². The maximum atomic E-state index is 12.4. The molecule has 0 heterocycles. The zero-order valence-electron chi connectivity index (χ0n) is 19.8. The van der Waals surface area contributed by atoms with Gasteiger partial charge in [0.05, 0.1) is 30.9 Å². The van der Waals surface area contributed by atoms with Crippen molar-refractivity contribution in [1.29, 1.82) is 0 Å². The first-order valence-corrected chi connectivity index (χ1v) is 11.3. The summed E-state index contributed by atoms with van der Waals surface area (Å²) in [6.07, 6.45) is 1.63. The summed E-state index contributed by atoms with van der Waals surface area (Å²) in [5, 5.41) is 0. The Bertz CT molecular complexity index is 1170. The number of ether oxygens (including phenoxy) is 5. The molecule has 0 aliphatic heterocycles. The number of benzene rings is 3. The summed E-state index contributed by atoms with van der Waals surface area (Å²) in [4.78, 5) is 35.7. The summed E-state index contributed by atoms with van der Waals surface area (Å²) in [7, 11) is 0. The van der Waals surface area contributed by atoms with Crippen LogP contribution in [-0.2, 0) is 9.53 Å². The van der Waals surface area contributed by atoms with Gasteiger partial charge in [-0.05, 0) is 79.7 Å². The van der Waals surface area contributed by atoms with E-state index in [1.54, 1.807) is 60.7 Å². The molecule has 0 fully saturated rings. The Kier molecular flexibility index (Phi) is 9.64. The quantitative estimate of drug-likeness (QED) is 0.151. The third kappa shape index (κ3) is 8.02. The fourth-order valence-corrected chi connectivity index (χ4v) is 2.93. The van der Waals surface area contributed by atoms with Crippen LogP contribution in [-0.4, -0.2) is 37.7 Å². The summed E-state index contributed by atoms with van der Waals surface area (Å²) in [6.45, 7) is 6.33. The van der Waals surface area contributed by atoms with E-state index < -0.39 is 17.9 Å². The van der Waals surface area contributed by atoms with Crippen LogP contribution in [0.25, 0.3) is 0 Å². The number of hydrogen-bond donors (Lipinski definition) is 0. The molecule has 0 N–H and O–H groups in total. The van der Waals surface area contributed by atoms with Crippen LogP contribution < -0.4 is 18.9 Å². The van der Waals surface area contributed by atoms with E-state index in [2.05, 4.69) is 6.58 Å². The molecule has 0 aliphatic rings. The highest BCUT2D eigenvalue weighted by Gasteiger charge is 2.11. The van der Waals surface area contributed by atoms with E-state index in [4.69, 9.17) is 23.7 Å². The number of carbonyl (C=O) groups is 3. The van der Waals surface area contributed by atoms with Crippen molar-refractivity contribution in [3.63, 3.8) is 0 Å². The maximum Gasteiger partial charge on any atom is 0.343 e. The molecule has 0 aromatic heterocycles. The Morgan fingerprint density at radius 1 is 0.667 bits per heavy atom. The van der Waals surface area contributed by atoms with Crippen molar-refractivity contribution < 1.29 is 38.1 Å². The third-order valence-electron chi connectivity index (χ3n) is 4.70. The van der Waals surface area contributed by atoms with Crippen LogP contribution in [0.15, 0.2) is 85.5 Å². The molecule has 36 heavy (non-hydrogen) atoms. The lowest BCUT2D eigenvalue weighted by Gasteiger charge is -2.09. The highest BCUT2D eigenvalue weighted by atomic mass is 16.5. The minimum atomic E-state index is -0.544. The Labute approximate surface area is 209 Å². The molecule has 0 bridgehead atoms. The highest BCUT2D eigenvalue weighted by Crippen LogP contribution is 2.21. The minimum Gasteiger partial charge on any atom is -0.494 e. The normalized spacial score (nSPS) is 10.1. The second kappa shape index (κ2) is 13.3. The first-order chi connectivity index (χ1) is 17.5. The standard InChI is InChI=1S/C28H26O8/c1-3-26(29)34-19-5-18-33-23-12-8-21(9-13-23)28(31)36-25-16-14-24(15-17-25)35-27(30)20-6-10-22(11-7-20)32-4-2/h3,6-17H,1,4-5,18-19H2,2H3. The Balaban J connectivity index is 1.46. The molecule has 0 amide bonds. The first-order valence-electron chi connectivity index (χ1n) is 11.3. The van der Waals surface area contributed by atoms with Gasteiger partial charge in [-0.2, -0.15) is 0 Å². The Morgan fingerprint density at radius 3 is 1.56 bits per heavy atom. The third-order valence-corrected chi connectivity index (χ3v) is 4.70. The van der Waals surface area contributed by atoms with Crippen LogP contribution in [0.5, 0.6) is 23.0 Å². The van der Waals surface area contributed by atoms with Gasteiger partial charge in [-0.15, -0.1) is 0 Å². The molecule has 0 saturated carbocycles. The zero-order valence-corrected chi connectivity index (χ0v) is 19.8. The zero-order chi connectivity index (χ0) is 25.8. The molecule has 3 rings (SSSR count). The molecule has 0 saturated heterocycles. The van der Waals surface area contributed by atoms with E-state index in [1.807, 2.05) is 6.92 Å². The SMILES string of the molecule is C=CC(=O)OCCCOc1ccc(C(=O)Oc2ccc(OC(=O)c3ccc(OCC)cc3)cc2)cc1. The predicted octanol–water partition coefficient (Wildman–Crippen LogP) is 5.02. The van der Waals surface area contributed by atoms with E-state index in [-0.39, 0.29) is 6.61 Å². The van der Waals surface area contributed by atoms with Gasteiger partial charge >= 0.3 is 17.9 Å². The molecule has 8 nitrogen and oxygen atoms in total. The van der Waals surface area contributed by atoms with Crippen LogP contribution in [0.1, 0.15) is 34.1 Å². The average molecular weight is 491 g/mol. The summed E-state index contributed by atoms with van der Waals surface area (Å²) in [5.41, 5.74) is 0.728. The number of carbonyl (C=O) groups excluding carboxylic acids is 3. The van der Waals surface area contributed by atoms with Gasteiger partial charge in [0.1, 0.15) is 23.0 Å². The van der Waals surface area contributed by atoms with E-state index in [1.165, 1.54) is 12.1 Å². The van der Waals surface area contributed by atoms with Crippen molar-refractivity contribution in [3.05, 3.63) is 96.6 Å². The van der Waals surface area contributed by atoms with E-state index in [0.717, 1.165) is 6.08 Å². The van der Waals surface area contributed by atoms with Crippen molar-refractivity contribution in [1.82, 2.24) is 0 Å². The van der Waals surface area contributed by atoms with Crippen molar-refractivity contribution in [2.75, 3.05) is 19.8 Å². The molecule has 0 radical (unpaired) electrons. The van der Waals surface area contributed by atoms with Gasteiger partial charge in [-0.25, -0.2) is 14.4 Å². The van der Waals surface area contributed by atoms with E-state index in [9.17, 15) is 14.4 Å². The van der Waals surface area contributed by atoms with Crippen LogP contribution in [0, 0.1) is 0 Å². The van der Waals surface area contributed by atoms with Crippen LogP contribution in [0.4, 0.5) is 0 Å². The van der Waals surface area contributed by atoms with Crippen molar-refractivity contribution in [2.45, 2.75) is 13.3 Å². The van der Waals surface area contributed by atoms with Gasteiger partial charge in [-0.1, -0.05) is 6.58 Å². The number of hydrogen-bond acceptors (Lipinski definition) is 8. The van der Waals surface area contributed by atoms with Crippen LogP contribution in [0.2, 0.25) is 0 Å². The highest BCUT2D eigenvalue weighted by molar-refractivity contribution is 5.92. The van der Waals surface area contributed by atoms with Gasteiger partial charge in [-0.3, -0.25) is 0 Å². The Morgan fingerprint density at radius 2 is 1.11 bits per heavy atom.